The maximum Gasteiger partial charge on any atom is 0.254 e. The monoisotopic (exact) mass is 306 g/mol. The lowest BCUT2D eigenvalue weighted by Crippen LogP contribution is -2.49. The summed E-state index contributed by atoms with van der Waals surface area (Å²) in [4.78, 5) is 16.7. The SMILES string of the molecule is CC(c1ccsc1)N1CCN(C(=O)c2ccsc2)CC1. The molecule has 1 aliphatic rings. The molecule has 3 rings (SSSR count). The van der Waals surface area contributed by atoms with Crippen molar-refractivity contribution in [2.24, 2.45) is 0 Å². The van der Waals surface area contributed by atoms with Gasteiger partial charge in [-0.05, 0) is 40.8 Å². The molecule has 1 fully saturated rings. The first-order chi connectivity index (χ1) is 9.75. The van der Waals surface area contributed by atoms with Crippen molar-refractivity contribution in [1.29, 1.82) is 0 Å². The van der Waals surface area contributed by atoms with Crippen LogP contribution in [0, 0.1) is 0 Å². The highest BCUT2D eigenvalue weighted by atomic mass is 32.1. The van der Waals surface area contributed by atoms with Crippen LogP contribution in [-0.4, -0.2) is 41.9 Å². The van der Waals surface area contributed by atoms with Crippen molar-refractivity contribution >= 4 is 28.6 Å². The lowest BCUT2D eigenvalue weighted by Gasteiger charge is -2.37. The second-order valence-electron chi connectivity index (χ2n) is 5.07. The van der Waals surface area contributed by atoms with E-state index in [1.54, 1.807) is 22.7 Å². The van der Waals surface area contributed by atoms with E-state index in [1.165, 1.54) is 5.56 Å². The maximum absolute atomic E-state index is 12.3. The highest BCUT2D eigenvalue weighted by Crippen LogP contribution is 2.24. The summed E-state index contributed by atoms with van der Waals surface area (Å²) in [6.45, 7) is 5.80. The van der Waals surface area contributed by atoms with Gasteiger partial charge in [0.1, 0.15) is 0 Å². The van der Waals surface area contributed by atoms with Gasteiger partial charge >= 0.3 is 0 Å². The second-order valence-corrected chi connectivity index (χ2v) is 6.63. The zero-order valence-corrected chi connectivity index (χ0v) is 13.1. The fourth-order valence-electron chi connectivity index (χ4n) is 2.60. The summed E-state index contributed by atoms with van der Waals surface area (Å²) in [6, 6.07) is 4.55. The minimum atomic E-state index is 0.175. The van der Waals surface area contributed by atoms with Gasteiger partial charge in [0.2, 0.25) is 0 Å². The van der Waals surface area contributed by atoms with Crippen molar-refractivity contribution in [3.8, 4) is 0 Å². The number of thiophene rings is 2. The molecule has 5 heteroatoms. The summed E-state index contributed by atoms with van der Waals surface area (Å²) < 4.78 is 0. The van der Waals surface area contributed by atoms with Crippen molar-refractivity contribution in [3.63, 3.8) is 0 Å². The van der Waals surface area contributed by atoms with Gasteiger partial charge in [-0.15, -0.1) is 0 Å². The van der Waals surface area contributed by atoms with E-state index < -0.39 is 0 Å². The molecule has 1 atom stereocenters. The zero-order chi connectivity index (χ0) is 13.9. The Labute approximate surface area is 127 Å². The van der Waals surface area contributed by atoms with Crippen LogP contribution < -0.4 is 0 Å². The van der Waals surface area contributed by atoms with Crippen LogP contribution in [0.5, 0.6) is 0 Å². The molecule has 0 spiro atoms. The molecule has 0 aromatic carbocycles. The summed E-state index contributed by atoms with van der Waals surface area (Å²) in [7, 11) is 0. The van der Waals surface area contributed by atoms with Gasteiger partial charge in [-0.3, -0.25) is 9.69 Å². The molecular formula is C15H18N2OS2. The van der Waals surface area contributed by atoms with Gasteiger partial charge < -0.3 is 4.90 Å². The molecule has 0 bridgehead atoms. The first-order valence-corrected chi connectivity index (χ1v) is 8.72. The van der Waals surface area contributed by atoms with Crippen molar-refractivity contribution in [1.82, 2.24) is 9.80 Å². The highest BCUT2D eigenvalue weighted by molar-refractivity contribution is 7.08. The molecule has 2 aromatic rings. The van der Waals surface area contributed by atoms with Crippen molar-refractivity contribution in [2.75, 3.05) is 26.2 Å². The Morgan fingerprint density at radius 3 is 2.40 bits per heavy atom. The summed E-state index contributed by atoms with van der Waals surface area (Å²) >= 11 is 3.32. The van der Waals surface area contributed by atoms with Crippen molar-refractivity contribution in [3.05, 3.63) is 44.8 Å². The van der Waals surface area contributed by atoms with E-state index in [1.807, 2.05) is 21.7 Å². The molecule has 0 aliphatic carbocycles. The smallest absolute Gasteiger partial charge is 0.254 e. The lowest BCUT2D eigenvalue weighted by molar-refractivity contribution is 0.0583. The van der Waals surface area contributed by atoms with Gasteiger partial charge in [0.25, 0.3) is 5.91 Å². The Balaban J connectivity index is 1.58. The number of hydrogen-bond acceptors (Lipinski definition) is 4. The number of amides is 1. The molecule has 1 amide bonds. The van der Waals surface area contributed by atoms with E-state index in [2.05, 4.69) is 28.7 Å². The lowest BCUT2D eigenvalue weighted by atomic mass is 10.1. The number of carbonyl (C=O) groups is 1. The third kappa shape index (κ3) is 2.80. The number of hydrogen-bond donors (Lipinski definition) is 0. The Morgan fingerprint density at radius 2 is 1.80 bits per heavy atom. The third-order valence-corrected chi connectivity index (χ3v) is 5.33. The van der Waals surface area contributed by atoms with Gasteiger partial charge in [-0.1, -0.05) is 0 Å². The number of rotatable bonds is 3. The minimum absolute atomic E-state index is 0.175. The average Bonchev–Trinajstić information content (AvgIpc) is 3.18. The third-order valence-electron chi connectivity index (χ3n) is 3.94. The number of carbonyl (C=O) groups excluding carboxylic acids is 1. The Bertz CT molecular complexity index is 542. The van der Waals surface area contributed by atoms with Crippen LogP contribution in [0.3, 0.4) is 0 Å². The predicted octanol–water partition coefficient (Wildman–Crippen LogP) is 3.33. The Hall–Kier alpha value is -1.17. The molecule has 0 saturated carbocycles. The standard InChI is InChI=1S/C15H18N2OS2/c1-12(13-2-8-19-10-13)16-4-6-17(7-5-16)15(18)14-3-9-20-11-14/h2-3,8-12H,4-7H2,1H3. The summed E-state index contributed by atoms with van der Waals surface area (Å²) in [5.74, 6) is 0.175. The van der Waals surface area contributed by atoms with E-state index in [0.29, 0.717) is 6.04 Å². The van der Waals surface area contributed by atoms with Crippen LogP contribution in [0.4, 0.5) is 0 Å². The molecule has 0 radical (unpaired) electrons. The highest BCUT2D eigenvalue weighted by Gasteiger charge is 2.25. The molecule has 3 heterocycles. The Kier molecular flexibility index (Phi) is 4.19. The zero-order valence-electron chi connectivity index (χ0n) is 11.5. The van der Waals surface area contributed by atoms with Crippen LogP contribution in [0.15, 0.2) is 33.7 Å². The summed E-state index contributed by atoms with van der Waals surface area (Å²) in [5, 5.41) is 8.24. The van der Waals surface area contributed by atoms with Crippen LogP contribution in [0.2, 0.25) is 0 Å². The van der Waals surface area contributed by atoms with E-state index in [4.69, 9.17) is 0 Å². The topological polar surface area (TPSA) is 23.6 Å². The first-order valence-electron chi connectivity index (χ1n) is 6.83. The van der Waals surface area contributed by atoms with Crippen molar-refractivity contribution in [2.45, 2.75) is 13.0 Å². The fraction of sp³-hybridized carbons (Fsp3) is 0.400. The largest absolute Gasteiger partial charge is 0.336 e. The normalized spacial score (nSPS) is 18.1. The van der Waals surface area contributed by atoms with Crippen molar-refractivity contribution < 1.29 is 4.79 Å². The van der Waals surface area contributed by atoms with Gasteiger partial charge in [0.15, 0.2) is 0 Å². The van der Waals surface area contributed by atoms with Gasteiger partial charge in [-0.25, -0.2) is 0 Å². The van der Waals surface area contributed by atoms with E-state index in [9.17, 15) is 4.79 Å². The fourth-order valence-corrected chi connectivity index (χ4v) is 3.98. The molecule has 1 saturated heterocycles. The summed E-state index contributed by atoms with van der Waals surface area (Å²) in [5.41, 5.74) is 2.21. The molecule has 3 nitrogen and oxygen atoms in total. The molecule has 0 N–H and O–H groups in total. The Morgan fingerprint density at radius 1 is 1.10 bits per heavy atom. The molecule has 2 aromatic heterocycles. The van der Waals surface area contributed by atoms with Crippen LogP contribution in [0.1, 0.15) is 28.9 Å². The molecule has 20 heavy (non-hydrogen) atoms. The van der Waals surface area contributed by atoms with E-state index in [0.717, 1.165) is 31.7 Å². The van der Waals surface area contributed by atoms with Crippen LogP contribution in [0.25, 0.3) is 0 Å². The number of piperazine rings is 1. The van der Waals surface area contributed by atoms with E-state index >= 15 is 0 Å². The first kappa shape index (κ1) is 13.8. The second kappa shape index (κ2) is 6.08. The van der Waals surface area contributed by atoms with E-state index in [-0.39, 0.29) is 5.91 Å². The minimum Gasteiger partial charge on any atom is -0.336 e. The number of nitrogens with zero attached hydrogens (tertiary/aromatic N) is 2. The predicted molar refractivity (Wildman–Crippen MR) is 84.5 cm³/mol. The molecule has 1 aliphatic heterocycles. The van der Waals surface area contributed by atoms with Crippen LogP contribution in [-0.2, 0) is 0 Å². The quantitative estimate of drug-likeness (QED) is 0.868. The molecule has 106 valence electrons. The molecule has 1 unspecified atom stereocenters. The van der Waals surface area contributed by atoms with Gasteiger partial charge in [0.05, 0.1) is 5.56 Å². The van der Waals surface area contributed by atoms with Gasteiger partial charge in [0, 0.05) is 37.6 Å². The van der Waals surface area contributed by atoms with Gasteiger partial charge in [-0.2, -0.15) is 22.7 Å². The molecular weight excluding hydrogens is 288 g/mol. The van der Waals surface area contributed by atoms with Crippen LogP contribution >= 0.6 is 22.7 Å². The summed E-state index contributed by atoms with van der Waals surface area (Å²) in [6.07, 6.45) is 0. The average molecular weight is 306 g/mol. The maximum atomic E-state index is 12.3.